The molecule has 1 unspecified atom stereocenters. The van der Waals surface area contributed by atoms with E-state index in [1.807, 2.05) is 31.2 Å². The van der Waals surface area contributed by atoms with E-state index in [0.717, 1.165) is 11.1 Å². The number of aryl methyl sites for hydroxylation is 1. The molecule has 0 aromatic heterocycles. The molecule has 4 N–H and O–H groups in total. The smallest absolute Gasteiger partial charge is 0.254 e. The van der Waals surface area contributed by atoms with E-state index in [0.29, 0.717) is 0 Å². The zero-order valence-corrected chi connectivity index (χ0v) is 6.79. The van der Waals surface area contributed by atoms with E-state index in [2.05, 4.69) is 10.9 Å². The Labute approximate surface area is 70.6 Å². The summed E-state index contributed by atoms with van der Waals surface area (Å²) in [4.78, 5) is 5.03. The molecule has 0 aliphatic carbocycles. The Morgan fingerprint density at radius 1 is 1.50 bits per heavy atom. The molecule has 1 fully saturated rings. The number of hydrazine groups is 1. The molecular formula is C8H11N3O. The number of hydroxylamine groups is 1. The first kappa shape index (κ1) is 7.70. The third-order valence-corrected chi connectivity index (χ3v) is 2.03. The molecule has 12 heavy (non-hydrogen) atoms. The minimum Gasteiger partial charge on any atom is -0.267 e. The number of hydrogen-bond acceptors (Lipinski definition) is 4. The predicted octanol–water partition coefficient (Wildman–Crippen LogP) is 0.103. The summed E-state index contributed by atoms with van der Waals surface area (Å²) in [7, 11) is 0. The Bertz CT molecular complexity index is 296. The van der Waals surface area contributed by atoms with Crippen molar-refractivity contribution in [1.82, 2.24) is 10.9 Å². The largest absolute Gasteiger partial charge is 0.267 e. The maximum atomic E-state index is 5.33. The maximum Gasteiger partial charge on any atom is 0.254 e. The van der Waals surface area contributed by atoms with Crippen molar-refractivity contribution < 1.29 is 4.84 Å². The Balaban J connectivity index is 2.40. The number of hydrogen-bond donors (Lipinski definition) is 3. The summed E-state index contributed by atoms with van der Waals surface area (Å²) in [5, 5.41) is 0. The van der Waals surface area contributed by atoms with Crippen LogP contribution in [-0.2, 0) is 10.7 Å². The first-order chi connectivity index (χ1) is 5.78. The van der Waals surface area contributed by atoms with Crippen molar-refractivity contribution in [3.8, 4) is 0 Å². The third-order valence-electron chi connectivity index (χ3n) is 2.03. The molecular weight excluding hydrogens is 154 g/mol. The quantitative estimate of drug-likeness (QED) is 0.330. The molecule has 1 saturated heterocycles. The van der Waals surface area contributed by atoms with E-state index in [-0.39, 0.29) is 0 Å². The van der Waals surface area contributed by atoms with Crippen LogP contribution in [0.15, 0.2) is 24.3 Å². The molecule has 0 amide bonds. The summed E-state index contributed by atoms with van der Waals surface area (Å²) < 4.78 is 0. The third kappa shape index (κ3) is 1.02. The van der Waals surface area contributed by atoms with Gasteiger partial charge in [-0.3, -0.25) is 10.7 Å². The average molecular weight is 165 g/mol. The van der Waals surface area contributed by atoms with E-state index < -0.39 is 5.85 Å². The molecule has 2 rings (SSSR count). The van der Waals surface area contributed by atoms with Crippen LogP contribution in [0.3, 0.4) is 0 Å². The monoisotopic (exact) mass is 165 g/mol. The summed E-state index contributed by atoms with van der Waals surface area (Å²) in [5.74, 6) is 4.68. The lowest BCUT2D eigenvalue weighted by molar-refractivity contribution is 0.253. The van der Waals surface area contributed by atoms with Gasteiger partial charge in [-0.25, -0.2) is 5.43 Å². The lowest BCUT2D eigenvalue weighted by Crippen LogP contribution is -2.39. The molecule has 0 bridgehead atoms. The Hall–Kier alpha value is -0.940. The van der Waals surface area contributed by atoms with E-state index in [4.69, 9.17) is 10.7 Å². The minimum absolute atomic E-state index is 0.647. The van der Waals surface area contributed by atoms with Gasteiger partial charge in [0.15, 0.2) is 0 Å². The summed E-state index contributed by atoms with van der Waals surface area (Å²) >= 11 is 0. The van der Waals surface area contributed by atoms with E-state index in [9.17, 15) is 0 Å². The highest BCUT2D eigenvalue weighted by atomic mass is 16.8. The van der Waals surface area contributed by atoms with E-state index in [1.54, 1.807) is 0 Å². The first-order valence-electron chi connectivity index (χ1n) is 3.77. The van der Waals surface area contributed by atoms with Crippen LogP contribution in [-0.4, -0.2) is 0 Å². The zero-order chi connectivity index (χ0) is 8.60. The Kier molecular flexibility index (Phi) is 1.62. The summed E-state index contributed by atoms with van der Waals surface area (Å²) in [6.07, 6.45) is 0. The second-order valence-electron chi connectivity index (χ2n) is 2.84. The second kappa shape index (κ2) is 2.53. The van der Waals surface area contributed by atoms with E-state index in [1.165, 1.54) is 0 Å². The van der Waals surface area contributed by atoms with Crippen LogP contribution in [0.2, 0.25) is 0 Å². The molecule has 1 aliphatic rings. The molecule has 0 radical (unpaired) electrons. The zero-order valence-electron chi connectivity index (χ0n) is 6.79. The van der Waals surface area contributed by atoms with Gasteiger partial charge in [0.2, 0.25) is 0 Å². The highest BCUT2D eigenvalue weighted by Crippen LogP contribution is 2.30. The van der Waals surface area contributed by atoms with Crippen molar-refractivity contribution in [1.29, 1.82) is 0 Å². The van der Waals surface area contributed by atoms with Crippen LogP contribution < -0.4 is 16.7 Å². The fraction of sp³-hybridized carbons (Fsp3) is 0.250. The minimum atomic E-state index is -0.647. The number of benzene rings is 1. The molecule has 1 atom stereocenters. The van der Waals surface area contributed by atoms with Crippen LogP contribution in [0, 0.1) is 6.92 Å². The van der Waals surface area contributed by atoms with Crippen molar-refractivity contribution >= 4 is 0 Å². The summed E-state index contributed by atoms with van der Waals surface area (Å²) in [6.45, 7) is 2.01. The van der Waals surface area contributed by atoms with Crippen molar-refractivity contribution in [3.63, 3.8) is 0 Å². The van der Waals surface area contributed by atoms with Gasteiger partial charge >= 0.3 is 0 Å². The van der Waals surface area contributed by atoms with Gasteiger partial charge in [0.25, 0.3) is 5.85 Å². The van der Waals surface area contributed by atoms with Gasteiger partial charge in [-0.15, -0.1) is 5.48 Å². The number of nitrogens with two attached hydrogens (primary N) is 1. The molecule has 1 aliphatic heterocycles. The molecule has 64 valence electrons. The maximum absolute atomic E-state index is 5.33. The lowest BCUT2D eigenvalue weighted by atomic mass is 10.1. The van der Waals surface area contributed by atoms with Crippen molar-refractivity contribution in [2.75, 3.05) is 0 Å². The molecule has 1 heterocycles. The van der Waals surface area contributed by atoms with Crippen LogP contribution in [0.25, 0.3) is 0 Å². The van der Waals surface area contributed by atoms with Gasteiger partial charge in [0, 0.05) is 5.56 Å². The molecule has 4 heteroatoms. The Morgan fingerprint density at radius 2 is 2.17 bits per heavy atom. The van der Waals surface area contributed by atoms with Gasteiger partial charge in [-0.1, -0.05) is 24.3 Å². The van der Waals surface area contributed by atoms with E-state index >= 15 is 0 Å². The lowest BCUT2D eigenvalue weighted by Gasteiger charge is -2.10. The molecule has 0 spiro atoms. The fourth-order valence-electron chi connectivity index (χ4n) is 1.27. The first-order valence-corrected chi connectivity index (χ1v) is 3.77. The molecule has 0 saturated carbocycles. The second-order valence-corrected chi connectivity index (χ2v) is 2.84. The summed E-state index contributed by atoms with van der Waals surface area (Å²) in [5.41, 5.74) is 7.45. The van der Waals surface area contributed by atoms with Crippen LogP contribution >= 0.6 is 0 Å². The molecule has 1 aromatic carbocycles. The number of rotatable bonds is 2. The molecule has 1 aromatic rings. The van der Waals surface area contributed by atoms with Crippen LogP contribution in [0.4, 0.5) is 0 Å². The number of nitrogens with one attached hydrogen (secondary N) is 2. The normalized spacial score (nSPS) is 27.2. The topological polar surface area (TPSA) is 72.5 Å². The molecule has 4 nitrogen and oxygen atoms in total. The van der Waals surface area contributed by atoms with Gasteiger partial charge in [-0.05, 0) is 12.5 Å². The van der Waals surface area contributed by atoms with Crippen molar-refractivity contribution in [3.05, 3.63) is 35.4 Å². The average Bonchev–Trinajstić information content (AvgIpc) is 2.86. The van der Waals surface area contributed by atoms with Crippen LogP contribution in [0.5, 0.6) is 0 Å². The SMILES string of the molecule is Cc1ccccc1C1(NN)NO1. The standard InChI is InChI=1S/C8H11N3O/c1-6-4-2-3-5-7(6)8(10-9)11-12-8/h2-5,10-11H,9H2,1H3. The van der Waals surface area contributed by atoms with Gasteiger partial charge in [-0.2, -0.15) is 0 Å². The van der Waals surface area contributed by atoms with Gasteiger partial charge in [0.1, 0.15) is 0 Å². The van der Waals surface area contributed by atoms with Crippen molar-refractivity contribution in [2.45, 2.75) is 12.8 Å². The van der Waals surface area contributed by atoms with Gasteiger partial charge < -0.3 is 0 Å². The van der Waals surface area contributed by atoms with Crippen molar-refractivity contribution in [2.24, 2.45) is 5.84 Å². The summed E-state index contributed by atoms with van der Waals surface area (Å²) in [6, 6.07) is 7.91. The Morgan fingerprint density at radius 3 is 2.67 bits per heavy atom. The predicted molar refractivity (Wildman–Crippen MR) is 44.4 cm³/mol. The van der Waals surface area contributed by atoms with Crippen LogP contribution in [0.1, 0.15) is 11.1 Å². The fourth-order valence-corrected chi connectivity index (χ4v) is 1.27. The highest BCUT2D eigenvalue weighted by molar-refractivity contribution is 5.31. The van der Waals surface area contributed by atoms with Gasteiger partial charge in [0.05, 0.1) is 0 Å². The highest BCUT2D eigenvalue weighted by Gasteiger charge is 2.47.